The Hall–Kier alpha value is -3.12. The standard InChI is InChI=1S/C30H26/c1-19-11-13-25-21-7-3-5-9-23(21)27(29(25)17-19)15-16-28-24-10-6-4-8-22(24)26-14-12-20(2)18-30(26)28/h3-14,17-18,27-28H,15-16H2,1-2H3. The maximum Gasteiger partial charge on any atom is 0.0102 e. The predicted octanol–water partition coefficient (Wildman–Crippen LogP) is 8.01. The Bertz CT molecular complexity index is 1180. The summed E-state index contributed by atoms with van der Waals surface area (Å²) < 4.78 is 0. The molecule has 2 atom stereocenters. The van der Waals surface area contributed by atoms with Gasteiger partial charge in [0.05, 0.1) is 0 Å². The van der Waals surface area contributed by atoms with Crippen LogP contribution in [0.3, 0.4) is 0 Å². The highest BCUT2D eigenvalue weighted by Crippen LogP contribution is 2.51. The van der Waals surface area contributed by atoms with Crippen LogP contribution in [-0.2, 0) is 0 Å². The zero-order chi connectivity index (χ0) is 20.2. The monoisotopic (exact) mass is 386 g/mol. The molecule has 0 saturated carbocycles. The van der Waals surface area contributed by atoms with Crippen molar-refractivity contribution in [3.8, 4) is 22.3 Å². The highest BCUT2D eigenvalue weighted by molar-refractivity contribution is 5.80. The lowest BCUT2D eigenvalue weighted by atomic mass is 9.84. The fourth-order valence-electron chi connectivity index (χ4n) is 5.81. The molecule has 2 unspecified atom stereocenters. The van der Waals surface area contributed by atoms with Crippen LogP contribution in [0, 0.1) is 13.8 Å². The zero-order valence-corrected chi connectivity index (χ0v) is 17.7. The molecule has 0 spiro atoms. The summed E-state index contributed by atoms with van der Waals surface area (Å²) >= 11 is 0. The minimum atomic E-state index is 0.497. The minimum absolute atomic E-state index is 0.497. The van der Waals surface area contributed by atoms with E-state index in [0.29, 0.717) is 11.8 Å². The summed E-state index contributed by atoms with van der Waals surface area (Å²) in [5.41, 5.74) is 14.5. The molecule has 0 aliphatic heterocycles. The molecule has 0 heterocycles. The number of fused-ring (bicyclic) bond motifs is 6. The molecule has 0 N–H and O–H groups in total. The number of hydrogen-bond acceptors (Lipinski definition) is 0. The first-order valence-electron chi connectivity index (χ1n) is 11.1. The second kappa shape index (κ2) is 6.71. The highest BCUT2D eigenvalue weighted by atomic mass is 14.4. The van der Waals surface area contributed by atoms with Crippen LogP contribution < -0.4 is 0 Å². The zero-order valence-electron chi connectivity index (χ0n) is 17.7. The number of aryl methyl sites for hydroxylation is 2. The molecule has 0 heteroatoms. The Labute approximate surface area is 179 Å². The molecule has 2 aliphatic rings. The summed E-state index contributed by atoms with van der Waals surface area (Å²) in [7, 11) is 0. The lowest BCUT2D eigenvalue weighted by Gasteiger charge is -2.19. The van der Waals surface area contributed by atoms with Crippen LogP contribution in [0.2, 0.25) is 0 Å². The Kier molecular flexibility index (Phi) is 3.96. The van der Waals surface area contributed by atoms with Crippen molar-refractivity contribution in [3.63, 3.8) is 0 Å². The van der Waals surface area contributed by atoms with Crippen molar-refractivity contribution in [2.24, 2.45) is 0 Å². The molecule has 146 valence electrons. The van der Waals surface area contributed by atoms with E-state index in [1.807, 2.05) is 0 Å². The van der Waals surface area contributed by atoms with E-state index in [-0.39, 0.29) is 0 Å². The Morgan fingerprint density at radius 1 is 0.467 bits per heavy atom. The van der Waals surface area contributed by atoms with E-state index in [0.717, 1.165) is 0 Å². The van der Waals surface area contributed by atoms with Gasteiger partial charge in [0.25, 0.3) is 0 Å². The molecule has 0 nitrogen and oxygen atoms in total. The average molecular weight is 387 g/mol. The van der Waals surface area contributed by atoms with E-state index in [1.165, 1.54) is 68.5 Å². The third-order valence-corrected chi connectivity index (χ3v) is 7.16. The minimum Gasteiger partial charge on any atom is -0.0619 e. The van der Waals surface area contributed by atoms with Crippen LogP contribution in [0.4, 0.5) is 0 Å². The second-order valence-corrected chi connectivity index (χ2v) is 9.04. The molecule has 0 saturated heterocycles. The smallest absolute Gasteiger partial charge is 0.0102 e. The molecule has 0 radical (unpaired) electrons. The normalized spacial score (nSPS) is 17.9. The van der Waals surface area contributed by atoms with E-state index in [2.05, 4.69) is 98.8 Å². The Balaban J connectivity index is 1.40. The van der Waals surface area contributed by atoms with Crippen LogP contribution in [0.25, 0.3) is 22.3 Å². The van der Waals surface area contributed by atoms with Gasteiger partial charge in [-0.1, -0.05) is 96.1 Å². The third kappa shape index (κ3) is 2.60. The van der Waals surface area contributed by atoms with E-state index in [9.17, 15) is 0 Å². The molecule has 0 amide bonds. The van der Waals surface area contributed by atoms with Gasteiger partial charge in [0.1, 0.15) is 0 Å². The van der Waals surface area contributed by atoms with Gasteiger partial charge in [0.15, 0.2) is 0 Å². The first kappa shape index (κ1) is 17.7. The van der Waals surface area contributed by atoms with Gasteiger partial charge in [0.2, 0.25) is 0 Å². The van der Waals surface area contributed by atoms with Gasteiger partial charge in [0, 0.05) is 11.8 Å². The number of benzene rings is 4. The van der Waals surface area contributed by atoms with E-state index >= 15 is 0 Å². The molecule has 4 aromatic rings. The topological polar surface area (TPSA) is 0 Å². The first-order chi connectivity index (χ1) is 14.7. The van der Waals surface area contributed by atoms with Gasteiger partial charge in [-0.15, -0.1) is 0 Å². The molecule has 0 bridgehead atoms. The number of hydrogen-bond donors (Lipinski definition) is 0. The van der Waals surface area contributed by atoms with Crippen LogP contribution in [0.15, 0.2) is 84.9 Å². The molecule has 0 aromatic heterocycles. The fourth-order valence-corrected chi connectivity index (χ4v) is 5.81. The molecule has 6 rings (SSSR count). The second-order valence-electron chi connectivity index (χ2n) is 9.04. The maximum absolute atomic E-state index is 2.42. The molecule has 2 aliphatic carbocycles. The van der Waals surface area contributed by atoms with E-state index < -0.39 is 0 Å². The van der Waals surface area contributed by atoms with Gasteiger partial charge >= 0.3 is 0 Å². The van der Waals surface area contributed by atoms with Gasteiger partial charge in [-0.3, -0.25) is 0 Å². The van der Waals surface area contributed by atoms with Crippen molar-refractivity contribution in [1.82, 2.24) is 0 Å². The van der Waals surface area contributed by atoms with Gasteiger partial charge in [-0.25, -0.2) is 0 Å². The van der Waals surface area contributed by atoms with E-state index in [1.54, 1.807) is 0 Å². The van der Waals surface area contributed by atoms with Crippen LogP contribution in [0.5, 0.6) is 0 Å². The Morgan fingerprint density at radius 3 is 1.33 bits per heavy atom. The van der Waals surface area contributed by atoms with Gasteiger partial charge in [-0.2, -0.15) is 0 Å². The van der Waals surface area contributed by atoms with Crippen molar-refractivity contribution in [3.05, 3.63) is 118 Å². The quantitative estimate of drug-likeness (QED) is 0.334. The highest BCUT2D eigenvalue weighted by Gasteiger charge is 2.32. The molecular formula is C30H26. The van der Waals surface area contributed by atoms with E-state index in [4.69, 9.17) is 0 Å². The summed E-state index contributed by atoms with van der Waals surface area (Å²) in [6.45, 7) is 4.43. The third-order valence-electron chi connectivity index (χ3n) is 7.16. The van der Waals surface area contributed by atoms with Crippen molar-refractivity contribution >= 4 is 0 Å². The van der Waals surface area contributed by atoms with Crippen molar-refractivity contribution in [2.45, 2.75) is 38.5 Å². The van der Waals surface area contributed by atoms with Crippen molar-refractivity contribution < 1.29 is 0 Å². The lowest BCUT2D eigenvalue weighted by molar-refractivity contribution is 0.625. The SMILES string of the molecule is Cc1ccc2c(c1)C(CCC1c3ccccc3-c3ccc(C)cc31)c1ccccc1-2. The lowest BCUT2D eigenvalue weighted by Crippen LogP contribution is -2.03. The molecule has 0 fully saturated rings. The molecular weight excluding hydrogens is 360 g/mol. The van der Waals surface area contributed by atoms with Gasteiger partial charge in [-0.05, 0) is 71.2 Å². The summed E-state index contributed by atoms with van der Waals surface area (Å²) in [5.74, 6) is 0.995. The summed E-state index contributed by atoms with van der Waals surface area (Å²) in [4.78, 5) is 0. The largest absolute Gasteiger partial charge is 0.0619 e. The van der Waals surface area contributed by atoms with Crippen LogP contribution in [-0.4, -0.2) is 0 Å². The predicted molar refractivity (Wildman–Crippen MR) is 126 cm³/mol. The first-order valence-corrected chi connectivity index (χ1v) is 11.1. The fraction of sp³-hybridized carbons (Fsp3) is 0.200. The average Bonchev–Trinajstić information content (AvgIpc) is 3.24. The maximum atomic E-state index is 2.42. The van der Waals surface area contributed by atoms with Crippen molar-refractivity contribution in [1.29, 1.82) is 0 Å². The summed E-state index contributed by atoms with van der Waals surface area (Å²) in [6, 6.07) is 32.0. The molecule has 4 aromatic carbocycles. The summed E-state index contributed by atoms with van der Waals surface area (Å²) in [6.07, 6.45) is 2.36. The van der Waals surface area contributed by atoms with Crippen molar-refractivity contribution in [2.75, 3.05) is 0 Å². The van der Waals surface area contributed by atoms with Gasteiger partial charge < -0.3 is 0 Å². The number of rotatable bonds is 3. The summed E-state index contributed by atoms with van der Waals surface area (Å²) in [5, 5.41) is 0. The molecule has 30 heavy (non-hydrogen) atoms. The van der Waals surface area contributed by atoms with Crippen LogP contribution >= 0.6 is 0 Å². The Morgan fingerprint density at radius 2 is 0.867 bits per heavy atom. The van der Waals surface area contributed by atoms with Crippen LogP contribution in [0.1, 0.15) is 58.1 Å².